The van der Waals surface area contributed by atoms with E-state index in [1.54, 1.807) is 47.4 Å². The van der Waals surface area contributed by atoms with E-state index < -0.39 is 11.9 Å². The average molecular weight is 518 g/mol. The molecule has 0 radical (unpaired) electrons. The van der Waals surface area contributed by atoms with Crippen molar-refractivity contribution >= 4 is 29.3 Å². The van der Waals surface area contributed by atoms with Crippen LogP contribution in [-0.4, -0.2) is 56.7 Å². The fourth-order valence-electron chi connectivity index (χ4n) is 4.04. The lowest BCUT2D eigenvalue weighted by Gasteiger charge is -2.27. The number of ketones is 1. The van der Waals surface area contributed by atoms with Gasteiger partial charge in [0.2, 0.25) is 0 Å². The largest absolute Gasteiger partial charge is 0.482 e. The van der Waals surface area contributed by atoms with E-state index in [9.17, 15) is 24.3 Å². The molecule has 11 heteroatoms. The van der Waals surface area contributed by atoms with Crippen molar-refractivity contribution in [2.24, 2.45) is 0 Å². The number of hydrogen-bond donors (Lipinski definition) is 3. The van der Waals surface area contributed by atoms with Crippen LogP contribution in [0.5, 0.6) is 5.75 Å². The van der Waals surface area contributed by atoms with E-state index in [4.69, 9.17) is 4.74 Å². The number of aromatic nitrogens is 2. The van der Waals surface area contributed by atoms with E-state index >= 15 is 0 Å². The van der Waals surface area contributed by atoms with Crippen LogP contribution in [0.4, 0.5) is 5.69 Å². The number of anilines is 1. The van der Waals surface area contributed by atoms with Gasteiger partial charge < -0.3 is 20.5 Å². The van der Waals surface area contributed by atoms with Gasteiger partial charge in [-0.15, -0.1) is 0 Å². The Morgan fingerprint density at radius 3 is 2.61 bits per heavy atom. The van der Waals surface area contributed by atoms with Gasteiger partial charge in [0, 0.05) is 24.7 Å². The fraction of sp³-hybridized carbons (Fsp3) is 0.259. The summed E-state index contributed by atoms with van der Waals surface area (Å²) in [6, 6.07) is 13.5. The van der Waals surface area contributed by atoms with E-state index in [0.717, 1.165) is 11.1 Å². The molecule has 1 atom stereocenters. The van der Waals surface area contributed by atoms with Crippen molar-refractivity contribution in [1.82, 2.24) is 20.2 Å². The highest BCUT2D eigenvalue weighted by Crippen LogP contribution is 2.28. The van der Waals surface area contributed by atoms with Gasteiger partial charge in [0.15, 0.2) is 12.4 Å². The number of carbonyl (C=O) groups is 4. The molecule has 0 bridgehead atoms. The molecule has 1 aliphatic rings. The number of ether oxygens (including phenoxy) is 1. The Labute approximate surface area is 218 Å². The molecule has 2 heterocycles. The van der Waals surface area contributed by atoms with E-state index in [-0.39, 0.29) is 49.7 Å². The summed E-state index contributed by atoms with van der Waals surface area (Å²) in [6.45, 7) is 3.43. The topological polar surface area (TPSA) is 151 Å². The number of carboxylic acids is 1. The summed E-state index contributed by atoms with van der Waals surface area (Å²) in [4.78, 5) is 57.5. The second kappa shape index (κ2) is 11.6. The summed E-state index contributed by atoms with van der Waals surface area (Å²) in [7, 11) is 0. The highest BCUT2D eigenvalue weighted by Gasteiger charge is 2.21. The summed E-state index contributed by atoms with van der Waals surface area (Å²) in [5.74, 6) is -1.16. The average Bonchev–Trinajstić information content (AvgIpc) is 2.90. The van der Waals surface area contributed by atoms with Crippen molar-refractivity contribution in [3.63, 3.8) is 0 Å². The van der Waals surface area contributed by atoms with Crippen LogP contribution in [0.2, 0.25) is 0 Å². The lowest BCUT2D eigenvalue weighted by atomic mass is 10.0. The zero-order valence-electron chi connectivity index (χ0n) is 20.9. The van der Waals surface area contributed by atoms with Gasteiger partial charge >= 0.3 is 5.97 Å². The molecule has 0 fully saturated rings. The molecule has 2 aromatic carbocycles. The highest BCUT2D eigenvalue weighted by atomic mass is 16.5. The Bertz CT molecular complexity index is 1370. The van der Waals surface area contributed by atoms with E-state index in [1.165, 1.54) is 19.3 Å². The monoisotopic (exact) mass is 517 g/mol. The lowest BCUT2D eigenvalue weighted by Crippen LogP contribution is -2.32. The highest BCUT2D eigenvalue weighted by molar-refractivity contribution is 5.95. The quantitative estimate of drug-likeness (QED) is 0.345. The van der Waals surface area contributed by atoms with Crippen molar-refractivity contribution in [2.75, 3.05) is 18.5 Å². The Hall–Kier alpha value is -4.64. The molecule has 38 heavy (non-hydrogen) atoms. The molecule has 0 aliphatic carbocycles. The van der Waals surface area contributed by atoms with Crippen LogP contribution in [0.1, 0.15) is 57.6 Å². The lowest BCUT2D eigenvalue weighted by molar-refractivity contribution is -0.139. The molecular formula is C27H27N5O6. The van der Waals surface area contributed by atoms with Gasteiger partial charge in [0.1, 0.15) is 17.8 Å². The zero-order chi connectivity index (χ0) is 27.2. The predicted octanol–water partition coefficient (Wildman–Crippen LogP) is 2.59. The van der Waals surface area contributed by atoms with E-state index in [0.29, 0.717) is 22.7 Å². The van der Waals surface area contributed by atoms with Crippen molar-refractivity contribution in [3.05, 3.63) is 82.9 Å². The minimum absolute atomic E-state index is 0.0338. The van der Waals surface area contributed by atoms with Crippen LogP contribution in [-0.2, 0) is 22.7 Å². The summed E-state index contributed by atoms with van der Waals surface area (Å²) in [5.41, 5.74) is 3.33. The standard InChI is InChI=1S/C27H27N5O6/c1-16(19-4-6-20(7-5-19)17(2)33)32(13-26(35)36)12-21-10-23(30-15-29-21)27(37)28-11-18-3-8-24-22(9-18)31-25(34)14-38-24/h3-10,15-16H,11-14H2,1-2H3,(H,28,37)(H,31,34)(H,35,36)/t16-/m0/s1. The Kier molecular flexibility index (Phi) is 8.07. The maximum Gasteiger partial charge on any atom is 0.317 e. The first-order valence-corrected chi connectivity index (χ1v) is 11.9. The summed E-state index contributed by atoms with van der Waals surface area (Å²) >= 11 is 0. The second-order valence-electron chi connectivity index (χ2n) is 8.90. The van der Waals surface area contributed by atoms with Gasteiger partial charge in [-0.05, 0) is 43.2 Å². The third kappa shape index (κ3) is 6.56. The number of rotatable bonds is 10. The maximum atomic E-state index is 12.8. The number of aliphatic carboxylic acids is 1. The number of fused-ring (bicyclic) bond motifs is 1. The number of benzene rings is 2. The van der Waals surface area contributed by atoms with Crippen LogP contribution in [0.3, 0.4) is 0 Å². The first-order valence-electron chi connectivity index (χ1n) is 11.9. The van der Waals surface area contributed by atoms with E-state index in [1.807, 2.05) is 6.92 Å². The molecule has 1 aliphatic heterocycles. The molecular weight excluding hydrogens is 490 g/mol. The fourth-order valence-corrected chi connectivity index (χ4v) is 4.04. The van der Waals surface area contributed by atoms with Gasteiger partial charge in [-0.25, -0.2) is 9.97 Å². The number of Topliss-reactive ketones (excluding diaryl/α,β-unsaturated/α-hetero) is 1. The molecule has 0 spiro atoms. The smallest absolute Gasteiger partial charge is 0.317 e. The third-order valence-electron chi connectivity index (χ3n) is 6.14. The number of carbonyl (C=O) groups excluding carboxylic acids is 3. The molecule has 11 nitrogen and oxygen atoms in total. The first kappa shape index (κ1) is 26.4. The van der Waals surface area contributed by atoms with Gasteiger partial charge in [-0.3, -0.25) is 24.1 Å². The third-order valence-corrected chi connectivity index (χ3v) is 6.14. The van der Waals surface area contributed by atoms with E-state index in [2.05, 4.69) is 20.6 Å². The first-order chi connectivity index (χ1) is 18.2. The van der Waals surface area contributed by atoms with Crippen LogP contribution in [0.25, 0.3) is 0 Å². The summed E-state index contributed by atoms with van der Waals surface area (Å²) in [5, 5.41) is 15.0. The SMILES string of the molecule is CC(=O)c1ccc([C@H](C)N(CC(=O)O)Cc2cc(C(=O)NCc3ccc4c(c3)NC(=O)CO4)ncn2)cc1. The van der Waals surface area contributed by atoms with Crippen molar-refractivity contribution in [3.8, 4) is 5.75 Å². The van der Waals surface area contributed by atoms with Crippen LogP contribution < -0.4 is 15.4 Å². The van der Waals surface area contributed by atoms with Gasteiger partial charge in [-0.1, -0.05) is 30.3 Å². The minimum atomic E-state index is -1.00. The molecule has 4 rings (SSSR count). The molecule has 0 unspecified atom stereocenters. The van der Waals surface area contributed by atoms with Crippen molar-refractivity contribution in [1.29, 1.82) is 0 Å². The number of amides is 2. The molecule has 3 N–H and O–H groups in total. The Morgan fingerprint density at radius 1 is 1.13 bits per heavy atom. The second-order valence-corrected chi connectivity index (χ2v) is 8.90. The van der Waals surface area contributed by atoms with Gasteiger partial charge in [0.05, 0.1) is 17.9 Å². The summed E-state index contributed by atoms with van der Waals surface area (Å²) in [6.07, 6.45) is 1.27. The van der Waals surface area contributed by atoms with Crippen LogP contribution >= 0.6 is 0 Å². The number of hydrogen-bond acceptors (Lipinski definition) is 8. The normalized spacial score (nSPS) is 13.2. The molecule has 0 saturated heterocycles. The summed E-state index contributed by atoms with van der Waals surface area (Å²) < 4.78 is 5.34. The van der Waals surface area contributed by atoms with Gasteiger partial charge in [-0.2, -0.15) is 0 Å². The minimum Gasteiger partial charge on any atom is -0.482 e. The van der Waals surface area contributed by atoms with Crippen molar-refractivity contribution in [2.45, 2.75) is 33.0 Å². The number of carboxylic acid groups (broad SMARTS) is 1. The molecule has 0 saturated carbocycles. The maximum absolute atomic E-state index is 12.8. The molecule has 196 valence electrons. The number of nitrogens with zero attached hydrogens (tertiary/aromatic N) is 3. The van der Waals surface area contributed by atoms with Crippen molar-refractivity contribution < 1.29 is 29.0 Å². The van der Waals surface area contributed by atoms with Gasteiger partial charge in [0.25, 0.3) is 11.8 Å². The van der Waals surface area contributed by atoms with Crippen LogP contribution in [0.15, 0.2) is 54.9 Å². The Balaban J connectivity index is 1.43. The molecule has 1 aromatic heterocycles. The Morgan fingerprint density at radius 2 is 1.89 bits per heavy atom. The zero-order valence-corrected chi connectivity index (χ0v) is 20.9. The molecule has 3 aromatic rings. The predicted molar refractivity (Wildman–Crippen MR) is 137 cm³/mol. The molecule has 2 amide bonds. The number of nitrogens with one attached hydrogen (secondary N) is 2. The van der Waals surface area contributed by atoms with Crippen LogP contribution in [0, 0.1) is 0 Å².